The van der Waals surface area contributed by atoms with E-state index in [0.717, 1.165) is 5.56 Å². The van der Waals surface area contributed by atoms with Crippen molar-refractivity contribution in [3.8, 4) is 0 Å². The number of hydrogen-bond acceptors (Lipinski definition) is 3. The lowest BCUT2D eigenvalue weighted by atomic mass is 9.83. The van der Waals surface area contributed by atoms with Gasteiger partial charge in [0.1, 0.15) is 0 Å². The molecule has 94 valence electrons. The molecule has 0 bridgehead atoms. The van der Waals surface area contributed by atoms with Gasteiger partial charge in [0.05, 0.1) is 12.5 Å². The predicted octanol–water partition coefficient (Wildman–Crippen LogP) is 1.98. The topological polar surface area (TPSA) is 52.3 Å². The highest BCUT2D eigenvalue weighted by molar-refractivity contribution is 5.77. The van der Waals surface area contributed by atoms with Gasteiger partial charge in [-0.25, -0.2) is 0 Å². The molecule has 0 aromatic heterocycles. The Labute approximate surface area is 103 Å². The number of hydrogen-bond donors (Lipinski definition) is 1. The number of carbonyl (C=O) groups excluding carboxylic acids is 1. The van der Waals surface area contributed by atoms with Crippen molar-refractivity contribution in [2.45, 2.75) is 27.2 Å². The van der Waals surface area contributed by atoms with Crippen LogP contribution in [0, 0.1) is 19.3 Å². The second-order valence-corrected chi connectivity index (χ2v) is 4.93. The fourth-order valence-corrected chi connectivity index (χ4v) is 2.10. The Hall–Kier alpha value is -1.35. The molecule has 1 rings (SSSR count). The van der Waals surface area contributed by atoms with E-state index in [4.69, 9.17) is 10.5 Å². The zero-order chi connectivity index (χ0) is 13.1. The fourth-order valence-electron chi connectivity index (χ4n) is 2.10. The van der Waals surface area contributed by atoms with E-state index in [-0.39, 0.29) is 12.5 Å². The van der Waals surface area contributed by atoms with Crippen LogP contribution >= 0.6 is 0 Å². The molecule has 0 heterocycles. The van der Waals surface area contributed by atoms with Crippen LogP contribution in [-0.2, 0) is 16.0 Å². The number of aryl methyl sites for hydroxylation is 2. The van der Waals surface area contributed by atoms with Crippen molar-refractivity contribution < 1.29 is 9.53 Å². The molecule has 0 aliphatic heterocycles. The van der Waals surface area contributed by atoms with Gasteiger partial charge in [0.2, 0.25) is 0 Å². The number of ether oxygens (including phenoxy) is 1. The van der Waals surface area contributed by atoms with Crippen LogP contribution in [0.4, 0.5) is 0 Å². The maximum atomic E-state index is 11.7. The van der Waals surface area contributed by atoms with Crippen LogP contribution in [0.2, 0.25) is 0 Å². The second-order valence-electron chi connectivity index (χ2n) is 4.93. The molecule has 0 spiro atoms. The highest BCUT2D eigenvalue weighted by Crippen LogP contribution is 2.24. The van der Waals surface area contributed by atoms with E-state index in [1.54, 1.807) is 0 Å². The van der Waals surface area contributed by atoms with Crippen molar-refractivity contribution in [1.29, 1.82) is 0 Å². The minimum atomic E-state index is -0.644. The van der Waals surface area contributed by atoms with E-state index in [9.17, 15) is 4.79 Å². The van der Waals surface area contributed by atoms with Crippen LogP contribution < -0.4 is 5.73 Å². The number of rotatable bonds is 4. The van der Waals surface area contributed by atoms with Crippen molar-refractivity contribution in [3.05, 3.63) is 34.9 Å². The van der Waals surface area contributed by atoms with Gasteiger partial charge in [0, 0.05) is 6.54 Å². The first kappa shape index (κ1) is 13.7. The Balaban J connectivity index is 2.98. The average Bonchev–Trinajstić information content (AvgIpc) is 2.26. The zero-order valence-corrected chi connectivity index (χ0v) is 11.0. The van der Waals surface area contributed by atoms with Crippen molar-refractivity contribution in [1.82, 2.24) is 0 Å². The van der Waals surface area contributed by atoms with Crippen LogP contribution in [0.1, 0.15) is 23.6 Å². The third-order valence-electron chi connectivity index (χ3n) is 3.00. The largest absolute Gasteiger partial charge is 0.469 e. The SMILES string of the molecule is COC(=O)C(C)(CN)Cc1cc(C)cc(C)c1. The summed E-state index contributed by atoms with van der Waals surface area (Å²) in [6, 6.07) is 6.29. The average molecular weight is 235 g/mol. The van der Waals surface area contributed by atoms with Gasteiger partial charge < -0.3 is 10.5 Å². The summed E-state index contributed by atoms with van der Waals surface area (Å²) in [5.74, 6) is -0.251. The molecule has 0 aliphatic carbocycles. The monoisotopic (exact) mass is 235 g/mol. The molecule has 1 aromatic rings. The number of esters is 1. The van der Waals surface area contributed by atoms with Crippen molar-refractivity contribution in [2.24, 2.45) is 11.1 Å². The number of benzene rings is 1. The lowest BCUT2D eigenvalue weighted by Crippen LogP contribution is -2.38. The maximum Gasteiger partial charge on any atom is 0.313 e. The molecule has 1 atom stereocenters. The highest BCUT2D eigenvalue weighted by Gasteiger charge is 2.33. The summed E-state index contributed by atoms with van der Waals surface area (Å²) in [5, 5.41) is 0. The maximum absolute atomic E-state index is 11.7. The molecule has 2 N–H and O–H groups in total. The molecule has 3 heteroatoms. The Morgan fingerprint density at radius 3 is 2.24 bits per heavy atom. The van der Waals surface area contributed by atoms with Gasteiger partial charge in [-0.05, 0) is 32.8 Å². The zero-order valence-electron chi connectivity index (χ0n) is 11.0. The van der Waals surface area contributed by atoms with E-state index in [0.29, 0.717) is 6.42 Å². The molecule has 1 aromatic carbocycles. The summed E-state index contributed by atoms with van der Waals surface area (Å²) in [7, 11) is 1.40. The van der Waals surface area contributed by atoms with E-state index in [1.165, 1.54) is 18.2 Å². The van der Waals surface area contributed by atoms with E-state index >= 15 is 0 Å². The van der Waals surface area contributed by atoms with Gasteiger partial charge in [-0.15, -0.1) is 0 Å². The third kappa shape index (κ3) is 3.30. The third-order valence-corrected chi connectivity index (χ3v) is 3.00. The molecule has 3 nitrogen and oxygen atoms in total. The Kier molecular flexibility index (Phi) is 4.29. The summed E-state index contributed by atoms with van der Waals surface area (Å²) < 4.78 is 4.82. The standard InChI is InChI=1S/C14H21NO2/c1-10-5-11(2)7-12(6-10)8-14(3,9-15)13(16)17-4/h5-7H,8-9,15H2,1-4H3. The molecule has 1 unspecified atom stereocenters. The fraction of sp³-hybridized carbons (Fsp3) is 0.500. The second kappa shape index (κ2) is 5.32. The van der Waals surface area contributed by atoms with Crippen molar-refractivity contribution in [3.63, 3.8) is 0 Å². The molecule has 17 heavy (non-hydrogen) atoms. The van der Waals surface area contributed by atoms with Gasteiger partial charge in [0.15, 0.2) is 0 Å². The van der Waals surface area contributed by atoms with Gasteiger partial charge in [-0.3, -0.25) is 4.79 Å². The summed E-state index contributed by atoms with van der Waals surface area (Å²) >= 11 is 0. The lowest BCUT2D eigenvalue weighted by Gasteiger charge is -2.25. The lowest BCUT2D eigenvalue weighted by molar-refractivity contribution is -0.151. The smallest absolute Gasteiger partial charge is 0.313 e. The highest BCUT2D eigenvalue weighted by atomic mass is 16.5. The first-order chi connectivity index (χ1) is 7.91. The molecule has 0 fully saturated rings. The van der Waals surface area contributed by atoms with Crippen LogP contribution in [-0.4, -0.2) is 19.6 Å². The van der Waals surface area contributed by atoms with Crippen LogP contribution in [0.3, 0.4) is 0 Å². The Morgan fingerprint density at radius 1 is 1.29 bits per heavy atom. The van der Waals surface area contributed by atoms with Gasteiger partial charge in [-0.1, -0.05) is 29.3 Å². The van der Waals surface area contributed by atoms with E-state index < -0.39 is 5.41 Å². The summed E-state index contributed by atoms with van der Waals surface area (Å²) in [6.45, 7) is 6.23. The van der Waals surface area contributed by atoms with Crippen LogP contribution in [0.15, 0.2) is 18.2 Å². The number of methoxy groups -OCH3 is 1. The minimum Gasteiger partial charge on any atom is -0.469 e. The van der Waals surface area contributed by atoms with E-state index in [1.807, 2.05) is 6.92 Å². The Bertz CT molecular complexity index is 394. The summed E-state index contributed by atoms with van der Waals surface area (Å²) in [5.41, 5.74) is 8.59. The van der Waals surface area contributed by atoms with Gasteiger partial charge in [-0.2, -0.15) is 0 Å². The molecule has 0 aliphatic rings. The first-order valence-electron chi connectivity index (χ1n) is 5.77. The van der Waals surface area contributed by atoms with Gasteiger partial charge in [0.25, 0.3) is 0 Å². The quantitative estimate of drug-likeness (QED) is 0.812. The van der Waals surface area contributed by atoms with Crippen molar-refractivity contribution >= 4 is 5.97 Å². The van der Waals surface area contributed by atoms with Crippen LogP contribution in [0.25, 0.3) is 0 Å². The number of nitrogens with two attached hydrogens (primary N) is 1. The van der Waals surface area contributed by atoms with Crippen molar-refractivity contribution in [2.75, 3.05) is 13.7 Å². The van der Waals surface area contributed by atoms with Gasteiger partial charge >= 0.3 is 5.97 Å². The summed E-state index contributed by atoms with van der Waals surface area (Å²) in [6.07, 6.45) is 0.610. The van der Waals surface area contributed by atoms with Crippen LogP contribution in [0.5, 0.6) is 0 Å². The molecule has 0 saturated carbocycles. The minimum absolute atomic E-state index is 0.251. The molecule has 0 amide bonds. The Morgan fingerprint density at radius 2 is 1.82 bits per heavy atom. The normalized spacial score (nSPS) is 14.2. The first-order valence-corrected chi connectivity index (χ1v) is 5.77. The molecule has 0 radical (unpaired) electrons. The van der Waals surface area contributed by atoms with E-state index in [2.05, 4.69) is 32.0 Å². The molecular formula is C14H21NO2. The summed E-state index contributed by atoms with van der Waals surface area (Å²) in [4.78, 5) is 11.7. The molecule has 0 saturated heterocycles. The number of carbonyl (C=O) groups is 1. The predicted molar refractivity (Wildman–Crippen MR) is 68.8 cm³/mol. The molecular weight excluding hydrogens is 214 g/mol.